The van der Waals surface area contributed by atoms with Crippen LogP contribution in [-0.2, 0) is 16.1 Å². The number of anilines is 1. The first kappa shape index (κ1) is 28.8. The molecule has 0 aliphatic carbocycles. The molecule has 4 rings (SSSR count). The fourth-order valence-electron chi connectivity index (χ4n) is 5.11. The first-order chi connectivity index (χ1) is 19.2. The average Bonchev–Trinajstić information content (AvgIpc) is 3.47. The lowest BCUT2D eigenvalue weighted by atomic mass is 9.92. The number of hydrogen-bond donors (Lipinski definition) is 5. The molecular weight excluding hydrogens is 508 g/mol. The minimum absolute atomic E-state index is 0.0734. The molecule has 3 heterocycles. The molecule has 1 aromatic carbocycles. The van der Waals surface area contributed by atoms with Crippen LogP contribution in [0.5, 0.6) is 0 Å². The van der Waals surface area contributed by atoms with Crippen LogP contribution in [0.15, 0.2) is 60.4 Å². The van der Waals surface area contributed by atoms with Crippen molar-refractivity contribution < 1.29 is 14.4 Å². The van der Waals surface area contributed by atoms with Gasteiger partial charge in [0, 0.05) is 51.4 Å². The predicted octanol–water partition coefficient (Wildman–Crippen LogP) is 1.91. The molecule has 0 spiro atoms. The first-order valence-electron chi connectivity index (χ1n) is 13.4. The highest BCUT2D eigenvalue weighted by atomic mass is 16.2. The highest BCUT2D eigenvalue weighted by molar-refractivity contribution is 6.10. The van der Waals surface area contributed by atoms with E-state index in [2.05, 4.69) is 43.3 Å². The standard InChI is InChI=1S/C29H38N8O3/c1-28(2)12-15-37(27(28)40)25(30)23(16-31-3)35-26(39)22-10-7-11-24(34-22)32-18-29(33-20-38)13-14-36(19-29)17-21-8-5-4-6-9-21/h4-11,16,20,30-31H,12-15,17-19H2,1-3H3,(H,32,34)(H,33,38)(H,35,39)/b23-16+,30-25?. The maximum atomic E-state index is 13.1. The zero-order valence-electron chi connectivity index (χ0n) is 23.3. The van der Waals surface area contributed by atoms with Crippen molar-refractivity contribution >= 4 is 29.9 Å². The van der Waals surface area contributed by atoms with E-state index < -0.39 is 16.9 Å². The fraction of sp³-hybridized carbons (Fsp3) is 0.414. The third-order valence-corrected chi connectivity index (χ3v) is 7.48. The van der Waals surface area contributed by atoms with E-state index >= 15 is 0 Å². The number of nitrogens with one attached hydrogen (secondary N) is 5. The number of amides is 3. The van der Waals surface area contributed by atoms with Gasteiger partial charge in [0.05, 0.1) is 11.2 Å². The summed E-state index contributed by atoms with van der Waals surface area (Å²) in [5.41, 5.74) is 0.538. The molecule has 0 bridgehead atoms. The molecule has 40 heavy (non-hydrogen) atoms. The Bertz CT molecular complexity index is 1280. The molecule has 2 aliphatic rings. The van der Waals surface area contributed by atoms with Gasteiger partial charge in [-0.3, -0.25) is 29.6 Å². The van der Waals surface area contributed by atoms with Gasteiger partial charge in [-0.15, -0.1) is 0 Å². The van der Waals surface area contributed by atoms with Crippen molar-refractivity contribution in [3.8, 4) is 0 Å². The van der Waals surface area contributed by atoms with Gasteiger partial charge in [-0.05, 0) is 30.5 Å². The Labute approximate surface area is 234 Å². The molecule has 3 amide bonds. The SMILES string of the molecule is CN/C=C(/NC(=O)c1cccc(NCC2(NC=O)CCN(Cc3ccccc3)C2)n1)C(=N)N1CCC(C)(C)C1=O. The van der Waals surface area contributed by atoms with Gasteiger partial charge in [0.2, 0.25) is 12.3 Å². The van der Waals surface area contributed by atoms with Crippen LogP contribution in [-0.4, -0.2) is 77.6 Å². The normalized spacial score (nSPS) is 20.7. The number of nitrogens with zero attached hydrogens (tertiary/aromatic N) is 3. The number of aromatic nitrogens is 1. The number of pyridine rings is 1. The monoisotopic (exact) mass is 546 g/mol. The van der Waals surface area contributed by atoms with Crippen LogP contribution >= 0.6 is 0 Å². The van der Waals surface area contributed by atoms with Gasteiger partial charge in [-0.25, -0.2) is 4.98 Å². The second-order valence-corrected chi connectivity index (χ2v) is 11.0. The molecule has 1 atom stereocenters. The first-order valence-corrected chi connectivity index (χ1v) is 13.4. The smallest absolute Gasteiger partial charge is 0.274 e. The zero-order valence-corrected chi connectivity index (χ0v) is 23.3. The Balaban J connectivity index is 1.40. The number of amidine groups is 1. The lowest BCUT2D eigenvalue weighted by molar-refractivity contribution is -0.131. The molecule has 5 N–H and O–H groups in total. The van der Waals surface area contributed by atoms with Gasteiger partial charge >= 0.3 is 0 Å². The Morgan fingerprint density at radius 3 is 2.55 bits per heavy atom. The van der Waals surface area contributed by atoms with E-state index in [1.807, 2.05) is 32.0 Å². The highest BCUT2D eigenvalue weighted by Crippen LogP contribution is 2.31. The van der Waals surface area contributed by atoms with Crippen LogP contribution in [0.25, 0.3) is 0 Å². The molecule has 11 heteroatoms. The van der Waals surface area contributed by atoms with Gasteiger partial charge < -0.3 is 21.3 Å². The Hall–Kier alpha value is -4.25. The molecule has 2 fully saturated rings. The minimum Gasteiger partial charge on any atom is -0.392 e. The van der Waals surface area contributed by atoms with Crippen molar-refractivity contribution in [3.05, 3.63) is 71.7 Å². The van der Waals surface area contributed by atoms with Gasteiger partial charge in [0.15, 0.2) is 5.84 Å². The van der Waals surface area contributed by atoms with Crippen LogP contribution in [0.3, 0.4) is 0 Å². The van der Waals surface area contributed by atoms with Crippen molar-refractivity contribution in [3.63, 3.8) is 0 Å². The molecule has 1 unspecified atom stereocenters. The fourth-order valence-corrected chi connectivity index (χ4v) is 5.11. The van der Waals surface area contributed by atoms with Crippen molar-refractivity contribution in [1.82, 2.24) is 30.7 Å². The number of benzene rings is 1. The minimum atomic E-state index is -0.545. The largest absolute Gasteiger partial charge is 0.392 e. The molecular formula is C29H38N8O3. The lowest BCUT2D eigenvalue weighted by Gasteiger charge is -2.29. The van der Waals surface area contributed by atoms with Gasteiger partial charge in [0.1, 0.15) is 11.5 Å². The van der Waals surface area contributed by atoms with Crippen molar-refractivity contribution in [1.29, 1.82) is 5.41 Å². The number of likely N-dealkylation sites (tertiary alicyclic amines) is 2. The van der Waals surface area contributed by atoms with Crippen LogP contribution < -0.4 is 21.3 Å². The van der Waals surface area contributed by atoms with Gasteiger partial charge in [-0.2, -0.15) is 0 Å². The lowest BCUT2D eigenvalue weighted by Crippen LogP contribution is -2.52. The molecule has 11 nitrogen and oxygen atoms in total. The number of carbonyl (C=O) groups is 3. The summed E-state index contributed by atoms with van der Waals surface area (Å²) in [6.07, 6.45) is 3.63. The van der Waals surface area contributed by atoms with E-state index in [0.29, 0.717) is 31.9 Å². The molecule has 0 radical (unpaired) electrons. The highest BCUT2D eigenvalue weighted by Gasteiger charge is 2.41. The summed E-state index contributed by atoms with van der Waals surface area (Å²) in [4.78, 5) is 45.5. The summed E-state index contributed by atoms with van der Waals surface area (Å²) < 4.78 is 0. The zero-order chi connectivity index (χ0) is 28.8. The van der Waals surface area contributed by atoms with Crippen LogP contribution in [0.1, 0.15) is 42.7 Å². The van der Waals surface area contributed by atoms with E-state index in [4.69, 9.17) is 5.41 Å². The molecule has 0 saturated carbocycles. The number of rotatable bonds is 11. The summed E-state index contributed by atoms with van der Waals surface area (Å²) in [6, 6.07) is 15.3. The summed E-state index contributed by atoms with van der Waals surface area (Å²) in [5, 5.41) is 20.4. The topological polar surface area (TPSA) is 143 Å². The summed E-state index contributed by atoms with van der Waals surface area (Å²) in [5.74, 6) is -0.232. The van der Waals surface area contributed by atoms with E-state index in [-0.39, 0.29) is 23.1 Å². The Morgan fingerprint density at radius 2 is 1.88 bits per heavy atom. The van der Waals surface area contributed by atoms with E-state index in [1.54, 1.807) is 25.2 Å². The Morgan fingerprint density at radius 1 is 1.10 bits per heavy atom. The molecule has 212 valence electrons. The van der Waals surface area contributed by atoms with Crippen LogP contribution in [0, 0.1) is 10.8 Å². The predicted molar refractivity (Wildman–Crippen MR) is 153 cm³/mol. The third kappa shape index (κ3) is 6.66. The summed E-state index contributed by atoms with van der Waals surface area (Å²) >= 11 is 0. The summed E-state index contributed by atoms with van der Waals surface area (Å²) in [7, 11) is 1.66. The maximum absolute atomic E-state index is 13.1. The molecule has 2 aromatic rings. The van der Waals surface area contributed by atoms with Crippen molar-refractivity contribution in [2.75, 3.05) is 38.5 Å². The van der Waals surface area contributed by atoms with Crippen molar-refractivity contribution in [2.45, 2.75) is 38.8 Å². The van der Waals surface area contributed by atoms with E-state index in [9.17, 15) is 14.4 Å². The molecule has 1 aromatic heterocycles. The molecule has 2 saturated heterocycles. The quantitative estimate of drug-likeness (QED) is 0.165. The van der Waals surface area contributed by atoms with Gasteiger partial charge in [0.25, 0.3) is 5.91 Å². The van der Waals surface area contributed by atoms with Crippen molar-refractivity contribution in [2.24, 2.45) is 5.41 Å². The summed E-state index contributed by atoms with van der Waals surface area (Å²) in [6.45, 7) is 6.89. The number of carbonyl (C=O) groups excluding carboxylic acids is 3. The second-order valence-electron chi connectivity index (χ2n) is 11.0. The second kappa shape index (κ2) is 12.3. The van der Waals surface area contributed by atoms with Crippen LogP contribution in [0.2, 0.25) is 0 Å². The van der Waals surface area contributed by atoms with E-state index in [1.165, 1.54) is 16.7 Å². The number of hydrogen-bond acceptors (Lipinski definition) is 8. The Kier molecular flexibility index (Phi) is 8.83. The van der Waals surface area contributed by atoms with Crippen LogP contribution in [0.4, 0.5) is 5.82 Å². The average molecular weight is 547 g/mol. The maximum Gasteiger partial charge on any atom is 0.274 e. The molecule has 2 aliphatic heterocycles. The van der Waals surface area contributed by atoms with Gasteiger partial charge in [-0.1, -0.05) is 50.2 Å². The third-order valence-electron chi connectivity index (χ3n) is 7.48. The van der Waals surface area contributed by atoms with E-state index in [0.717, 1.165) is 25.9 Å².